The number of likely N-dealkylation sites (tertiary alicyclic amines) is 1. The summed E-state index contributed by atoms with van der Waals surface area (Å²) in [4.78, 5) is 13.8. The van der Waals surface area contributed by atoms with E-state index in [1.165, 1.54) is 0 Å². The summed E-state index contributed by atoms with van der Waals surface area (Å²) in [6, 6.07) is 19.5. The van der Waals surface area contributed by atoms with E-state index in [0.29, 0.717) is 6.54 Å². The molecule has 3 rings (SSSR count). The van der Waals surface area contributed by atoms with Gasteiger partial charge >= 0.3 is 0 Å². The first-order valence-electron chi connectivity index (χ1n) is 6.42. The van der Waals surface area contributed by atoms with Crippen molar-refractivity contribution in [1.82, 2.24) is 4.90 Å². The number of hydrogen-bond donors (Lipinski definition) is 1. The Labute approximate surface area is 112 Å². The number of nitrogens with two attached hydrogens (primary N) is 1. The first-order valence-corrected chi connectivity index (χ1v) is 6.42. The highest BCUT2D eigenvalue weighted by Crippen LogP contribution is 2.34. The zero-order chi connectivity index (χ0) is 13.2. The molecule has 3 heteroatoms. The lowest BCUT2D eigenvalue weighted by molar-refractivity contribution is -0.150. The molecule has 2 aromatic carbocycles. The second-order valence-electron chi connectivity index (χ2n) is 4.83. The van der Waals surface area contributed by atoms with E-state index in [9.17, 15) is 4.79 Å². The second kappa shape index (κ2) is 4.86. The molecule has 0 aliphatic carbocycles. The molecule has 1 saturated heterocycles. The largest absolute Gasteiger partial charge is 0.328 e. The van der Waals surface area contributed by atoms with Gasteiger partial charge in [-0.2, -0.15) is 0 Å². The summed E-state index contributed by atoms with van der Waals surface area (Å²) < 4.78 is 0. The van der Waals surface area contributed by atoms with Gasteiger partial charge in [0.2, 0.25) is 5.91 Å². The minimum atomic E-state index is -0.411. The number of nitrogens with zero attached hydrogens (tertiary/aromatic N) is 1. The van der Waals surface area contributed by atoms with Crippen molar-refractivity contribution in [3.8, 4) is 0 Å². The molecule has 3 nitrogen and oxygen atoms in total. The van der Waals surface area contributed by atoms with E-state index in [1.54, 1.807) is 0 Å². The van der Waals surface area contributed by atoms with Crippen LogP contribution in [0.4, 0.5) is 0 Å². The number of benzene rings is 2. The van der Waals surface area contributed by atoms with E-state index >= 15 is 0 Å². The van der Waals surface area contributed by atoms with Crippen LogP contribution < -0.4 is 5.73 Å². The summed E-state index contributed by atoms with van der Waals surface area (Å²) >= 11 is 0. The fourth-order valence-electron chi connectivity index (χ4n) is 2.57. The lowest BCUT2D eigenvalue weighted by atomic mass is 9.88. The van der Waals surface area contributed by atoms with Gasteiger partial charge in [0.15, 0.2) is 0 Å². The molecule has 1 amide bonds. The van der Waals surface area contributed by atoms with Crippen LogP contribution in [0.15, 0.2) is 60.7 Å². The molecule has 2 atom stereocenters. The Morgan fingerprint density at radius 1 is 0.947 bits per heavy atom. The van der Waals surface area contributed by atoms with Crippen molar-refractivity contribution in [2.45, 2.75) is 18.6 Å². The molecule has 0 unspecified atom stereocenters. The summed E-state index contributed by atoms with van der Waals surface area (Å²) in [6.45, 7) is 0.618. The average Bonchev–Trinajstić information content (AvgIpc) is 2.48. The predicted molar refractivity (Wildman–Crippen MR) is 74.2 cm³/mol. The van der Waals surface area contributed by atoms with E-state index in [-0.39, 0.29) is 11.9 Å². The van der Waals surface area contributed by atoms with E-state index in [2.05, 4.69) is 0 Å². The number of rotatable bonds is 3. The van der Waals surface area contributed by atoms with Crippen LogP contribution >= 0.6 is 0 Å². The van der Waals surface area contributed by atoms with Gasteiger partial charge in [-0.1, -0.05) is 60.7 Å². The molecule has 0 saturated carbocycles. The lowest BCUT2D eigenvalue weighted by Gasteiger charge is -2.45. The van der Waals surface area contributed by atoms with Gasteiger partial charge in [0.05, 0.1) is 6.04 Å². The molecule has 1 heterocycles. The maximum Gasteiger partial charge on any atom is 0.242 e. The molecule has 1 aliphatic heterocycles. The third kappa shape index (κ3) is 2.13. The molecule has 0 spiro atoms. The summed E-state index contributed by atoms with van der Waals surface area (Å²) in [5.41, 5.74) is 8.18. The first kappa shape index (κ1) is 11.9. The molecule has 0 radical (unpaired) electrons. The summed E-state index contributed by atoms with van der Waals surface area (Å²) in [5.74, 6) is 0.0257. The topological polar surface area (TPSA) is 46.3 Å². The van der Waals surface area contributed by atoms with Crippen LogP contribution in [0.3, 0.4) is 0 Å². The van der Waals surface area contributed by atoms with Gasteiger partial charge in [-0.05, 0) is 11.1 Å². The van der Waals surface area contributed by atoms with Gasteiger partial charge in [0.25, 0.3) is 0 Å². The van der Waals surface area contributed by atoms with Crippen LogP contribution in [0.25, 0.3) is 0 Å². The van der Waals surface area contributed by atoms with Crippen molar-refractivity contribution in [2.24, 2.45) is 5.73 Å². The van der Waals surface area contributed by atoms with Crippen molar-refractivity contribution in [2.75, 3.05) is 0 Å². The fraction of sp³-hybridized carbons (Fsp3) is 0.188. The van der Waals surface area contributed by atoms with E-state index in [1.807, 2.05) is 65.6 Å². The quantitative estimate of drug-likeness (QED) is 0.850. The number of carbonyl (C=O) groups is 1. The van der Waals surface area contributed by atoms with Crippen LogP contribution in [0.2, 0.25) is 0 Å². The number of carbonyl (C=O) groups excluding carboxylic acids is 1. The van der Waals surface area contributed by atoms with Gasteiger partial charge in [0.1, 0.15) is 6.04 Å². The molecule has 0 aromatic heterocycles. The monoisotopic (exact) mass is 252 g/mol. The maximum absolute atomic E-state index is 12.0. The second-order valence-corrected chi connectivity index (χ2v) is 4.83. The molecule has 0 bridgehead atoms. The molecular weight excluding hydrogens is 236 g/mol. The van der Waals surface area contributed by atoms with Gasteiger partial charge in [-0.15, -0.1) is 0 Å². The van der Waals surface area contributed by atoms with E-state index < -0.39 is 6.04 Å². The Morgan fingerprint density at radius 3 is 2.16 bits per heavy atom. The van der Waals surface area contributed by atoms with Crippen molar-refractivity contribution in [3.05, 3.63) is 71.8 Å². The molecule has 2 N–H and O–H groups in total. The van der Waals surface area contributed by atoms with Crippen molar-refractivity contribution >= 4 is 5.91 Å². The lowest BCUT2D eigenvalue weighted by Crippen LogP contribution is -2.62. The zero-order valence-corrected chi connectivity index (χ0v) is 10.6. The SMILES string of the molecule is N[C@H]1C(=O)N(Cc2ccccc2)[C@H]1c1ccccc1. The highest BCUT2D eigenvalue weighted by molar-refractivity contribution is 5.89. The van der Waals surface area contributed by atoms with Gasteiger partial charge < -0.3 is 10.6 Å². The Bertz CT molecular complexity index is 568. The minimum absolute atomic E-state index is 0.00564. The minimum Gasteiger partial charge on any atom is -0.328 e. The Balaban J connectivity index is 1.82. The molecule has 2 aromatic rings. The van der Waals surface area contributed by atoms with Crippen molar-refractivity contribution in [3.63, 3.8) is 0 Å². The van der Waals surface area contributed by atoms with Crippen molar-refractivity contribution in [1.29, 1.82) is 0 Å². The fourth-order valence-corrected chi connectivity index (χ4v) is 2.57. The summed E-state index contributed by atoms with van der Waals surface area (Å²) in [5, 5.41) is 0. The summed E-state index contributed by atoms with van der Waals surface area (Å²) in [6.07, 6.45) is 0. The van der Waals surface area contributed by atoms with Crippen LogP contribution in [0.1, 0.15) is 17.2 Å². The zero-order valence-electron chi connectivity index (χ0n) is 10.6. The molecule has 19 heavy (non-hydrogen) atoms. The normalized spacial score (nSPS) is 22.2. The molecule has 1 fully saturated rings. The van der Waals surface area contributed by atoms with Crippen LogP contribution in [-0.4, -0.2) is 16.8 Å². The van der Waals surface area contributed by atoms with Crippen LogP contribution in [0.5, 0.6) is 0 Å². The molecular formula is C16H16N2O. The highest BCUT2D eigenvalue weighted by atomic mass is 16.2. The average molecular weight is 252 g/mol. The standard InChI is InChI=1S/C16H16N2O/c17-14-15(13-9-5-2-6-10-13)18(16(14)19)11-12-7-3-1-4-8-12/h1-10,14-15H,11,17H2/t14-,15+/m1/s1. The Hall–Kier alpha value is -2.13. The Kier molecular flexibility index (Phi) is 3.05. The number of amides is 1. The smallest absolute Gasteiger partial charge is 0.242 e. The van der Waals surface area contributed by atoms with Crippen LogP contribution in [0, 0.1) is 0 Å². The third-order valence-electron chi connectivity index (χ3n) is 3.58. The van der Waals surface area contributed by atoms with Gasteiger partial charge in [-0.25, -0.2) is 0 Å². The number of β-lactam (4-membered cyclic amide) rings is 1. The molecule has 96 valence electrons. The number of hydrogen-bond acceptors (Lipinski definition) is 2. The predicted octanol–water partition coefficient (Wildman–Crippen LogP) is 2.10. The Morgan fingerprint density at radius 2 is 1.53 bits per heavy atom. The summed E-state index contributed by atoms with van der Waals surface area (Å²) in [7, 11) is 0. The third-order valence-corrected chi connectivity index (χ3v) is 3.58. The van der Waals surface area contributed by atoms with E-state index in [4.69, 9.17) is 5.73 Å². The van der Waals surface area contributed by atoms with Gasteiger partial charge in [0, 0.05) is 6.54 Å². The maximum atomic E-state index is 12.0. The van der Waals surface area contributed by atoms with Crippen LogP contribution in [-0.2, 0) is 11.3 Å². The highest BCUT2D eigenvalue weighted by Gasteiger charge is 2.45. The van der Waals surface area contributed by atoms with E-state index in [0.717, 1.165) is 11.1 Å². The first-order chi connectivity index (χ1) is 9.27. The van der Waals surface area contributed by atoms with Gasteiger partial charge in [-0.3, -0.25) is 4.79 Å². The van der Waals surface area contributed by atoms with Crippen molar-refractivity contribution < 1.29 is 4.79 Å². The molecule has 1 aliphatic rings.